The van der Waals surface area contributed by atoms with Gasteiger partial charge in [-0.3, -0.25) is 4.79 Å². The van der Waals surface area contributed by atoms with Crippen LogP contribution in [0.25, 0.3) is 0 Å². The highest BCUT2D eigenvalue weighted by Crippen LogP contribution is 2.38. The lowest BCUT2D eigenvalue weighted by molar-refractivity contribution is -0.140. The van der Waals surface area contributed by atoms with E-state index in [4.69, 9.17) is 14.4 Å². The molecule has 2 saturated heterocycles. The van der Waals surface area contributed by atoms with Crippen LogP contribution >= 0.6 is 0 Å². The summed E-state index contributed by atoms with van der Waals surface area (Å²) in [6, 6.07) is -0.381. The van der Waals surface area contributed by atoms with Crippen LogP contribution in [0.15, 0.2) is 0 Å². The number of aliphatic carboxylic acids is 1. The summed E-state index contributed by atoms with van der Waals surface area (Å²) in [6.45, 7) is 9.00. The van der Waals surface area contributed by atoms with Crippen molar-refractivity contribution in [2.24, 2.45) is 5.92 Å². The number of hydrogen-bond donors (Lipinski definition) is 2. The Morgan fingerprint density at radius 1 is 1.30 bits per heavy atom. The summed E-state index contributed by atoms with van der Waals surface area (Å²) >= 11 is 0. The summed E-state index contributed by atoms with van der Waals surface area (Å²) in [5.74, 6) is -0.502. The van der Waals surface area contributed by atoms with E-state index >= 15 is 0 Å². The Hall–Kier alpha value is -0.585. The van der Waals surface area contributed by atoms with Crippen molar-refractivity contribution in [3.05, 3.63) is 0 Å². The molecule has 2 rings (SSSR count). The highest BCUT2D eigenvalue weighted by molar-refractivity contribution is 6.45. The number of carboxylic acid groups (broad SMARTS) is 1. The molecule has 0 amide bonds. The summed E-state index contributed by atoms with van der Waals surface area (Å²) < 4.78 is 11.9. The molecule has 0 radical (unpaired) electrons. The molecule has 2 fully saturated rings. The summed E-state index contributed by atoms with van der Waals surface area (Å²) in [5, 5.41) is 12.2. The maximum atomic E-state index is 11.1. The van der Waals surface area contributed by atoms with Gasteiger partial charge in [-0.2, -0.15) is 0 Å². The van der Waals surface area contributed by atoms with E-state index in [2.05, 4.69) is 5.32 Å². The van der Waals surface area contributed by atoms with Gasteiger partial charge in [-0.05, 0) is 59.3 Å². The first-order valence-corrected chi connectivity index (χ1v) is 7.55. The van der Waals surface area contributed by atoms with E-state index in [1.165, 1.54) is 0 Å². The molecule has 2 atom stereocenters. The lowest BCUT2D eigenvalue weighted by Crippen LogP contribution is -2.41. The predicted octanol–water partition coefficient (Wildman–Crippen LogP) is 1.92. The number of hydrogen-bond acceptors (Lipinski definition) is 4. The molecule has 5 nitrogen and oxygen atoms in total. The Morgan fingerprint density at radius 2 is 1.90 bits per heavy atom. The Balaban J connectivity index is 1.76. The van der Waals surface area contributed by atoms with Gasteiger partial charge < -0.3 is 19.7 Å². The van der Waals surface area contributed by atoms with Gasteiger partial charge in [0.2, 0.25) is 0 Å². The van der Waals surface area contributed by atoms with Crippen molar-refractivity contribution in [1.29, 1.82) is 0 Å². The van der Waals surface area contributed by atoms with Crippen molar-refractivity contribution < 1.29 is 19.2 Å². The van der Waals surface area contributed by atoms with Crippen LogP contribution in [-0.2, 0) is 14.1 Å². The number of rotatable bonds is 5. The molecule has 2 aliphatic heterocycles. The van der Waals surface area contributed by atoms with Crippen molar-refractivity contribution in [3.63, 3.8) is 0 Å². The van der Waals surface area contributed by atoms with E-state index < -0.39 is 5.97 Å². The second-order valence-electron chi connectivity index (χ2n) is 6.94. The van der Waals surface area contributed by atoms with Crippen LogP contribution < -0.4 is 5.32 Å². The van der Waals surface area contributed by atoms with Crippen LogP contribution in [0.4, 0.5) is 0 Å². The van der Waals surface area contributed by atoms with Gasteiger partial charge in [-0.1, -0.05) is 6.42 Å². The minimum absolute atomic E-state index is 0.169. The molecule has 0 saturated carbocycles. The van der Waals surface area contributed by atoms with Crippen molar-refractivity contribution in [1.82, 2.24) is 5.32 Å². The molecule has 6 heteroatoms. The molecule has 0 aromatic rings. The molecule has 0 aromatic carbocycles. The fraction of sp³-hybridized carbons (Fsp3) is 0.929. The Labute approximate surface area is 121 Å². The third-order valence-electron chi connectivity index (χ3n) is 4.93. The van der Waals surface area contributed by atoms with Crippen LogP contribution in [-0.4, -0.2) is 42.0 Å². The molecule has 0 spiro atoms. The third-order valence-corrected chi connectivity index (χ3v) is 4.93. The zero-order valence-corrected chi connectivity index (χ0v) is 12.9. The van der Waals surface area contributed by atoms with Crippen molar-refractivity contribution in [3.8, 4) is 0 Å². The minimum Gasteiger partial charge on any atom is -0.480 e. The van der Waals surface area contributed by atoms with Gasteiger partial charge in [-0.25, -0.2) is 0 Å². The highest BCUT2D eigenvalue weighted by Gasteiger charge is 2.50. The Bertz CT molecular complexity index is 356. The smallest absolute Gasteiger partial charge is 0.457 e. The van der Waals surface area contributed by atoms with Crippen LogP contribution in [0.1, 0.15) is 47.0 Å². The van der Waals surface area contributed by atoms with E-state index in [1.807, 2.05) is 27.7 Å². The standard InChI is InChI=1S/C14H26BNO4/c1-13(2)14(3,4)20-15(19-13)8-5-6-10-7-9-16-11(10)12(17)18/h10-11,16H,5-9H2,1-4H3,(H,17,18). The van der Waals surface area contributed by atoms with Crippen LogP contribution in [0.2, 0.25) is 6.32 Å². The first-order chi connectivity index (χ1) is 9.23. The second kappa shape index (κ2) is 5.66. The normalized spacial score (nSPS) is 31.7. The average molecular weight is 283 g/mol. The molecule has 2 N–H and O–H groups in total. The summed E-state index contributed by atoms with van der Waals surface area (Å²) in [5.41, 5.74) is -0.563. The quantitative estimate of drug-likeness (QED) is 0.754. The molecule has 0 aromatic heterocycles. The van der Waals surface area contributed by atoms with Gasteiger partial charge in [0.25, 0.3) is 0 Å². The van der Waals surface area contributed by atoms with E-state index in [1.54, 1.807) is 0 Å². The van der Waals surface area contributed by atoms with Crippen LogP contribution in [0, 0.1) is 5.92 Å². The molecular formula is C14H26BNO4. The SMILES string of the molecule is CC1(C)OB(CCCC2CCNC2C(=O)O)OC1(C)C. The van der Waals surface area contributed by atoms with Crippen LogP contribution in [0.5, 0.6) is 0 Å². The Morgan fingerprint density at radius 3 is 2.45 bits per heavy atom. The molecule has 2 heterocycles. The average Bonchev–Trinajstić information content (AvgIpc) is 2.82. The molecule has 2 unspecified atom stereocenters. The molecule has 20 heavy (non-hydrogen) atoms. The van der Waals surface area contributed by atoms with Gasteiger partial charge in [0.1, 0.15) is 6.04 Å². The number of nitrogens with one attached hydrogen (secondary N) is 1. The second-order valence-corrected chi connectivity index (χ2v) is 6.94. The lowest BCUT2D eigenvalue weighted by Gasteiger charge is -2.32. The first kappa shape index (κ1) is 15.8. The van der Waals surface area contributed by atoms with Gasteiger partial charge in [0, 0.05) is 0 Å². The fourth-order valence-corrected chi connectivity index (χ4v) is 2.99. The largest absolute Gasteiger partial charge is 0.480 e. The van der Waals surface area contributed by atoms with E-state index in [9.17, 15) is 4.79 Å². The molecule has 2 aliphatic rings. The van der Waals surface area contributed by atoms with Gasteiger partial charge in [0.15, 0.2) is 0 Å². The van der Waals surface area contributed by atoms with Gasteiger partial charge in [0.05, 0.1) is 11.2 Å². The number of carbonyl (C=O) groups is 1. The first-order valence-electron chi connectivity index (χ1n) is 7.55. The summed E-state index contributed by atoms with van der Waals surface area (Å²) in [7, 11) is -0.169. The predicted molar refractivity (Wildman–Crippen MR) is 77.7 cm³/mol. The van der Waals surface area contributed by atoms with E-state index in [0.717, 1.165) is 32.1 Å². The summed E-state index contributed by atoms with van der Waals surface area (Å²) in [6.07, 6.45) is 3.62. The lowest BCUT2D eigenvalue weighted by atomic mass is 9.80. The molecular weight excluding hydrogens is 257 g/mol. The zero-order valence-electron chi connectivity index (χ0n) is 12.9. The Kier molecular flexibility index (Phi) is 4.47. The maximum Gasteiger partial charge on any atom is 0.457 e. The van der Waals surface area contributed by atoms with Gasteiger partial charge in [-0.15, -0.1) is 0 Å². The molecule has 114 valence electrons. The van der Waals surface area contributed by atoms with Crippen molar-refractivity contribution >= 4 is 13.1 Å². The maximum absolute atomic E-state index is 11.1. The minimum atomic E-state index is -0.733. The third kappa shape index (κ3) is 3.18. The highest BCUT2D eigenvalue weighted by atomic mass is 16.7. The zero-order chi connectivity index (χ0) is 15.0. The van der Waals surface area contributed by atoms with Crippen molar-refractivity contribution in [2.75, 3.05) is 6.54 Å². The van der Waals surface area contributed by atoms with E-state index in [0.29, 0.717) is 0 Å². The molecule has 0 aliphatic carbocycles. The van der Waals surface area contributed by atoms with Gasteiger partial charge >= 0.3 is 13.1 Å². The fourth-order valence-electron chi connectivity index (χ4n) is 2.99. The molecule has 0 bridgehead atoms. The monoisotopic (exact) mass is 283 g/mol. The number of carboxylic acids is 1. The van der Waals surface area contributed by atoms with Crippen molar-refractivity contribution in [2.45, 2.75) is 70.5 Å². The summed E-state index contributed by atoms with van der Waals surface area (Å²) in [4.78, 5) is 11.1. The van der Waals surface area contributed by atoms with Crippen LogP contribution in [0.3, 0.4) is 0 Å². The van der Waals surface area contributed by atoms with E-state index in [-0.39, 0.29) is 30.3 Å². The topological polar surface area (TPSA) is 67.8 Å².